The molecule has 2 unspecified atom stereocenters. The van der Waals surface area contributed by atoms with E-state index in [9.17, 15) is 18.4 Å². The van der Waals surface area contributed by atoms with E-state index in [4.69, 9.17) is 0 Å². The van der Waals surface area contributed by atoms with Crippen LogP contribution >= 0.6 is 15.9 Å². The molecule has 6 nitrogen and oxygen atoms in total. The molecule has 2 atom stereocenters. The van der Waals surface area contributed by atoms with Crippen molar-refractivity contribution in [2.24, 2.45) is 0 Å². The second-order valence-electron chi connectivity index (χ2n) is 6.39. The summed E-state index contributed by atoms with van der Waals surface area (Å²) in [6.07, 6.45) is 0. The van der Waals surface area contributed by atoms with E-state index in [-0.39, 0.29) is 4.90 Å². The Morgan fingerprint density at radius 3 is 2.32 bits per heavy atom. The Labute approximate surface area is 171 Å². The maximum Gasteiger partial charge on any atom is 0.262 e. The number of carbonyl (C=O) groups is 1. The Balaban J connectivity index is 2.00. The van der Waals surface area contributed by atoms with Crippen LogP contribution in [0.15, 0.2) is 76.1 Å². The van der Waals surface area contributed by atoms with Crippen LogP contribution in [0.3, 0.4) is 0 Å². The molecule has 0 spiro atoms. The maximum atomic E-state index is 12.8. The Bertz CT molecular complexity index is 1100. The molecule has 3 rings (SSSR count). The van der Waals surface area contributed by atoms with Crippen LogP contribution in [-0.2, 0) is 14.8 Å². The first-order valence-corrected chi connectivity index (χ1v) is 10.8. The average Bonchev–Trinajstić information content (AvgIpc) is 2.71. The number of hydrogen-bond donors (Lipinski definition) is 3. The van der Waals surface area contributed by atoms with Crippen LogP contribution in [-0.4, -0.2) is 25.6 Å². The van der Waals surface area contributed by atoms with Gasteiger partial charge in [0.15, 0.2) is 0 Å². The van der Waals surface area contributed by atoms with Gasteiger partial charge in [0.25, 0.3) is 5.91 Å². The van der Waals surface area contributed by atoms with Crippen LogP contribution in [0.1, 0.15) is 18.4 Å². The van der Waals surface area contributed by atoms with E-state index in [1.165, 1.54) is 12.1 Å². The molecule has 3 aromatic rings. The van der Waals surface area contributed by atoms with Gasteiger partial charge in [0.1, 0.15) is 6.04 Å². The maximum absolute atomic E-state index is 12.8. The van der Waals surface area contributed by atoms with E-state index in [0.29, 0.717) is 0 Å². The van der Waals surface area contributed by atoms with Crippen molar-refractivity contribution in [3.63, 3.8) is 0 Å². The summed E-state index contributed by atoms with van der Waals surface area (Å²) in [6.45, 7) is 1.74. The SMILES string of the molecule is CC(c1cccc2ccccc12)C(NS(=O)(=O)c1ccc(Br)cc1)C(=O)NO. The number of amides is 1. The second-order valence-corrected chi connectivity index (χ2v) is 9.02. The molecule has 1 amide bonds. The number of sulfonamides is 1. The summed E-state index contributed by atoms with van der Waals surface area (Å²) in [4.78, 5) is 12.4. The highest BCUT2D eigenvalue weighted by Crippen LogP contribution is 2.29. The fraction of sp³-hybridized carbons (Fsp3) is 0.150. The van der Waals surface area contributed by atoms with Gasteiger partial charge < -0.3 is 0 Å². The molecule has 0 saturated heterocycles. The minimum atomic E-state index is -3.98. The molecule has 3 N–H and O–H groups in total. The molecular weight excluding hydrogens is 444 g/mol. The van der Waals surface area contributed by atoms with Gasteiger partial charge in [-0.15, -0.1) is 0 Å². The van der Waals surface area contributed by atoms with Gasteiger partial charge in [0.2, 0.25) is 10.0 Å². The first kappa shape index (κ1) is 20.5. The van der Waals surface area contributed by atoms with E-state index >= 15 is 0 Å². The summed E-state index contributed by atoms with van der Waals surface area (Å²) in [5.41, 5.74) is 2.37. The van der Waals surface area contributed by atoms with Gasteiger partial charge in [-0.25, -0.2) is 13.9 Å². The molecule has 3 aromatic carbocycles. The third kappa shape index (κ3) is 4.25. The van der Waals surface area contributed by atoms with Crippen LogP contribution < -0.4 is 10.2 Å². The Hall–Kier alpha value is -2.26. The lowest BCUT2D eigenvalue weighted by Crippen LogP contribution is -2.48. The molecule has 0 heterocycles. The molecule has 0 aliphatic heterocycles. The summed E-state index contributed by atoms with van der Waals surface area (Å²) < 4.78 is 28.7. The van der Waals surface area contributed by atoms with E-state index in [0.717, 1.165) is 20.8 Å². The van der Waals surface area contributed by atoms with E-state index in [1.807, 2.05) is 42.5 Å². The first-order chi connectivity index (χ1) is 13.3. The predicted octanol–water partition coefficient (Wildman–Crippen LogP) is 3.56. The highest BCUT2D eigenvalue weighted by Gasteiger charge is 2.32. The summed E-state index contributed by atoms with van der Waals surface area (Å²) in [5, 5.41) is 11.1. The summed E-state index contributed by atoms with van der Waals surface area (Å²) >= 11 is 3.26. The van der Waals surface area contributed by atoms with Crippen molar-refractivity contribution in [1.29, 1.82) is 0 Å². The van der Waals surface area contributed by atoms with Crippen molar-refractivity contribution in [2.75, 3.05) is 0 Å². The molecule has 0 bridgehead atoms. The standard InChI is InChI=1S/C20H19BrN2O4S/c1-13(17-8-4-6-14-5-2-3-7-18(14)17)19(20(24)22-25)23-28(26,27)16-11-9-15(21)10-12-16/h2-13,19,23,25H,1H3,(H,22,24). The van der Waals surface area contributed by atoms with Gasteiger partial charge in [-0.3, -0.25) is 10.0 Å². The minimum Gasteiger partial charge on any atom is -0.289 e. The molecule has 0 fully saturated rings. The zero-order valence-electron chi connectivity index (χ0n) is 15.0. The molecular formula is C20H19BrN2O4S. The first-order valence-electron chi connectivity index (χ1n) is 8.53. The lowest BCUT2D eigenvalue weighted by molar-refractivity contribution is -0.131. The predicted molar refractivity (Wildman–Crippen MR) is 111 cm³/mol. The molecule has 0 saturated carbocycles. The summed E-state index contributed by atoms with van der Waals surface area (Å²) in [6, 6.07) is 18.2. The lowest BCUT2D eigenvalue weighted by atomic mass is 9.89. The van der Waals surface area contributed by atoms with Gasteiger partial charge >= 0.3 is 0 Å². The van der Waals surface area contributed by atoms with E-state index < -0.39 is 27.9 Å². The molecule has 0 aliphatic carbocycles. The van der Waals surface area contributed by atoms with Crippen LogP contribution in [0.2, 0.25) is 0 Å². The number of rotatable bonds is 6. The topological polar surface area (TPSA) is 95.5 Å². The lowest BCUT2D eigenvalue weighted by Gasteiger charge is -2.24. The highest BCUT2D eigenvalue weighted by molar-refractivity contribution is 9.10. The number of halogens is 1. The van der Waals surface area contributed by atoms with Crippen molar-refractivity contribution >= 4 is 42.6 Å². The third-order valence-electron chi connectivity index (χ3n) is 4.61. The number of carbonyl (C=O) groups excluding carboxylic acids is 1. The molecule has 28 heavy (non-hydrogen) atoms. The quantitative estimate of drug-likeness (QED) is 0.385. The zero-order valence-corrected chi connectivity index (χ0v) is 17.4. The van der Waals surface area contributed by atoms with E-state index in [1.54, 1.807) is 24.5 Å². The van der Waals surface area contributed by atoms with Crippen molar-refractivity contribution in [3.8, 4) is 0 Å². The Kier molecular flexibility index (Phi) is 6.14. The van der Waals surface area contributed by atoms with Gasteiger partial charge in [0, 0.05) is 10.4 Å². The molecule has 0 aromatic heterocycles. The van der Waals surface area contributed by atoms with Crippen LogP contribution in [0.4, 0.5) is 0 Å². The largest absolute Gasteiger partial charge is 0.289 e. The number of nitrogens with one attached hydrogen (secondary N) is 2. The van der Waals surface area contributed by atoms with Gasteiger partial charge in [-0.2, -0.15) is 4.72 Å². The van der Waals surface area contributed by atoms with Gasteiger partial charge in [-0.05, 0) is 40.6 Å². The molecule has 0 aliphatic rings. The van der Waals surface area contributed by atoms with Crippen molar-refractivity contribution in [1.82, 2.24) is 10.2 Å². The monoisotopic (exact) mass is 462 g/mol. The third-order valence-corrected chi connectivity index (χ3v) is 6.60. The van der Waals surface area contributed by atoms with E-state index in [2.05, 4.69) is 20.7 Å². The number of hydrogen-bond acceptors (Lipinski definition) is 4. The summed E-state index contributed by atoms with van der Waals surface area (Å²) in [5.74, 6) is -1.37. The highest BCUT2D eigenvalue weighted by atomic mass is 79.9. The average molecular weight is 463 g/mol. The smallest absolute Gasteiger partial charge is 0.262 e. The number of hydroxylamine groups is 1. The van der Waals surface area contributed by atoms with Crippen molar-refractivity contribution < 1.29 is 18.4 Å². The van der Waals surface area contributed by atoms with Crippen molar-refractivity contribution in [3.05, 3.63) is 76.8 Å². The normalized spacial score (nSPS) is 13.8. The number of benzene rings is 3. The van der Waals surface area contributed by atoms with Gasteiger partial charge in [0.05, 0.1) is 4.90 Å². The number of fused-ring (bicyclic) bond motifs is 1. The van der Waals surface area contributed by atoms with Gasteiger partial charge in [-0.1, -0.05) is 65.3 Å². The fourth-order valence-corrected chi connectivity index (χ4v) is 4.67. The Morgan fingerprint density at radius 2 is 1.64 bits per heavy atom. The van der Waals surface area contributed by atoms with Crippen LogP contribution in [0.5, 0.6) is 0 Å². The van der Waals surface area contributed by atoms with Crippen LogP contribution in [0.25, 0.3) is 10.8 Å². The molecule has 0 radical (unpaired) electrons. The minimum absolute atomic E-state index is 0.0246. The molecule has 8 heteroatoms. The summed E-state index contributed by atoms with van der Waals surface area (Å²) in [7, 11) is -3.98. The molecule has 146 valence electrons. The fourth-order valence-electron chi connectivity index (χ4n) is 3.13. The van der Waals surface area contributed by atoms with Crippen molar-refractivity contribution in [2.45, 2.75) is 23.8 Å². The Morgan fingerprint density at radius 1 is 1.00 bits per heavy atom. The zero-order chi connectivity index (χ0) is 20.3. The van der Waals surface area contributed by atoms with Crippen LogP contribution in [0, 0.1) is 0 Å². The second kappa shape index (κ2) is 8.40.